The maximum absolute atomic E-state index is 14.3. The van der Waals surface area contributed by atoms with Gasteiger partial charge in [0.15, 0.2) is 17.5 Å². The maximum Gasteiger partial charge on any atom is 0.322 e. The van der Waals surface area contributed by atoms with Crippen LogP contribution in [0.1, 0.15) is 73.3 Å². The first-order chi connectivity index (χ1) is 17.9. The number of rotatable bonds is 6. The summed E-state index contributed by atoms with van der Waals surface area (Å²) in [6.07, 6.45) is -0.504. The molecular formula is C31H43BrO7. The summed E-state index contributed by atoms with van der Waals surface area (Å²) in [5.41, 5.74) is -5.92. The summed E-state index contributed by atoms with van der Waals surface area (Å²) in [5, 5.41) is 25.1. The zero-order valence-electron chi connectivity index (χ0n) is 24.1. The zero-order valence-corrected chi connectivity index (χ0v) is 25.7. The summed E-state index contributed by atoms with van der Waals surface area (Å²) in [4.78, 5) is 27.5. The number of ketones is 1. The van der Waals surface area contributed by atoms with E-state index in [0.29, 0.717) is 12.8 Å². The molecule has 39 heavy (non-hydrogen) atoms. The van der Waals surface area contributed by atoms with Crippen LogP contribution in [0.2, 0.25) is 0 Å². The Balaban J connectivity index is 1.90. The molecule has 4 rings (SSSR count). The Morgan fingerprint density at radius 3 is 2.38 bits per heavy atom. The summed E-state index contributed by atoms with van der Waals surface area (Å²) >= 11 is 3.35. The van der Waals surface area contributed by atoms with Gasteiger partial charge in [0.2, 0.25) is 0 Å². The van der Waals surface area contributed by atoms with Crippen LogP contribution in [0.5, 0.6) is 0 Å². The molecule has 1 aromatic carbocycles. The van der Waals surface area contributed by atoms with Gasteiger partial charge in [0, 0.05) is 17.8 Å². The van der Waals surface area contributed by atoms with Gasteiger partial charge in [-0.05, 0) is 51.5 Å². The molecule has 1 aromatic rings. The fourth-order valence-corrected chi connectivity index (χ4v) is 7.84. The van der Waals surface area contributed by atoms with Gasteiger partial charge in [-0.3, -0.25) is 9.59 Å². The van der Waals surface area contributed by atoms with Crippen LogP contribution in [0.4, 0.5) is 0 Å². The van der Waals surface area contributed by atoms with Crippen LogP contribution in [0, 0.1) is 16.7 Å². The van der Waals surface area contributed by atoms with Gasteiger partial charge in [0.25, 0.3) is 0 Å². The Labute approximate surface area is 240 Å². The smallest absolute Gasteiger partial charge is 0.322 e. The lowest BCUT2D eigenvalue weighted by atomic mass is 9.39. The quantitative estimate of drug-likeness (QED) is 0.270. The number of Topliss-reactive ketones (excluding diaryl/α,β-unsaturated/α-hetero) is 1. The number of aliphatic hydroxyl groups is 2. The summed E-state index contributed by atoms with van der Waals surface area (Å²) in [6.45, 7) is 16.6. The van der Waals surface area contributed by atoms with Gasteiger partial charge >= 0.3 is 5.97 Å². The van der Waals surface area contributed by atoms with Crippen molar-refractivity contribution >= 4 is 27.7 Å². The first kappa shape index (κ1) is 30.4. The molecule has 3 fully saturated rings. The van der Waals surface area contributed by atoms with E-state index < -0.39 is 67.9 Å². The second-order valence-electron chi connectivity index (χ2n) is 13.4. The number of alkyl halides is 1. The second kappa shape index (κ2) is 9.76. The van der Waals surface area contributed by atoms with Crippen molar-refractivity contribution in [2.24, 2.45) is 16.7 Å². The number of benzene rings is 1. The third-order valence-electron chi connectivity index (χ3n) is 9.71. The van der Waals surface area contributed by atoms with Crippen molar-refractivity contribution < 1.29 is 34.0 Å². The molecular weight excluding hydrogens is 564 g/mol. The lowest BCUT2D eigenvalue weighted by Gasteiger charge is -2.71. The van der Waals surface area contributed by atoms with E-state index in [1.165, 1.54) is 6.08 Å². The average Bonchev–Trinajstić information content (AvgIpc) is 2.83. The van der Waals surface area contributed by atoms with Crippen LogP contribution in [0.25, 0.3) is 0 Å². The Kier molecular flexibility index (Phi) is 7.60. The monoisotopic (exact) mass is 606 g/mol. The van der Waals surface area contributed by atoms with E-state index in [2.05, 4.69) is 22.5 Å². The predicted octanol–water partition coefficient (Wildman–Crippen LogP) is 4.90. The molecule has 3 unspecified atom stereocenters. The topological polar surface area (TPSA) is 102 Å². The number of halogens is 1. The third kappa shape index (κ3) is 4.55. The minimum Gasteiger partial charge on any atom is -0.455 e. The Morgan fingerprint density at radius 2 is 1.82 bits per heavy atom. The highest BCUT2D eigenvalue weighted by atomic mass is 79.9. The Hall–Kier alpha value is -1.58. The summed E-state index contributed by atoms with van der Waals surface area (Å²) < 4.78 is 18.0. The molecule has 0 amide bonds. The van der Waals surface area contributed by atoms with Crippen molar-refractivity contribution in [3.05, 3.63) is 48.6 Å². The van der Waals surface area contributed by atoms with Crippen LogP contribution in [-0.2, 0) is 30.4 Å². The van der Waals surface area contributed by atoms with Crippen LogP contribution >= 0.6 is 15.9 Å². The van der Waals surface area contributed by atoms with E-state index in [1.54, 1.807) is 27.7 Å². The molecule has 0 bridgehead atoms. The van der Waals surface area contributed by atoms with Gasteiger partial charge in [-0.15, -0.1) is 6.58 Å². The van der Waals surface area contributed by atoms with Crippen molar-refractivity contribution in [3.63, 3.8) is 0 Å². The summed E-state index contributed by atoms with van der Waals surface area (Å²) in [6, 6.07) is 9.72. The number of esters is 1. The van der Waals surface area contributed by atoms with Gasteiger partial charge in [-0.2, -0.15) is 0 Å². The van der Waals surface area contributed by atoms with Gasteiger partial charge in [-0.1, -0.05) is 73.1 Å². The molecule has 0 aromatic heterocycles. The first-order valence-corrected chi connectivity index (χ1v) is 14.5. The van der Waals surface area contributed by atoms with Gasteiger partial charge in [-0.25, -0.2) is 0 Å². The predicted molar refractivity (Wildman–Crippen MR) is 151 cm³/mol. The van der Waals surface area contributed by atoms with Crippen molar-refractivity contribution in [1.29, 1.82) is 0 Å². The highest BCUT2D eigenvalue weighted by Gasteiger charge is 2.81. The molecule has 8 heteroatoms. The SMILES string of the molecule is C=C[C@@]1(C)CC(=O)[C@]2(O)C3(C)[C@@H](OCc4ccccc4)CCC(C)(C)[C@@H]3C(O)C(OC(=O)C(C)(C)Br)[C@@]2(C)O1. The van der Waals surface area contributed by atoms with E-state index in [0.717, 1.165) is 5.56 Å². The molecule has 7 nitrogen and oxygen atoms in total. The van der Waals surface area contributed by atoms with Crippen LogP contribution in [0.15, 0.2) is 43.0 Å². The lowest BCUT2D eigenvalue weighted by Crippen LogP contribution is -2.87. The Morgan fingerprint density at radius 1 is 1.21 bits per heavy atom. The van der Waals surface area contributed by atoms with Crippen molar-refractivity contribution in [1.82, 2.24) is 0 Å². The van der Waals surface area contributed by atoms with Crippen molar-refractivity contribution in [3.8, 4) is 0 Å². The van der Waals surface area contributed by atoms with Crippen LogP contribution in [-0.4, -0.2) is 61.4 Å². The lowest BCUT2D eigenvalue weighted by molar-refractivity contribution is -0.373. The summed E-state index contributed by atoms with van der Waals surface area (Å²) in [7, 11) is 0. The number of hydrogen-bond donors (Lipinski definition) is 2. The average molecular weight is 608 g/mol. The summed E-state index contributed by atoms with van der Waals surface area (Å²) in [5.74, 6) is -1.73. The first-order valence-electron chi connectivity index (χ1n) is 13.7. The number of aliphatic hydroxyl groups excluding tert-OH is 1. The molecule has 0 radical (unpaired) electrons. The number of ether oxygens (including phenoxy) is 3. The Bertz CT molecular complexity index is 1130. The molecule has 1 heterocycles. The van der Waals surface area contributed by atoms with Crippen LogP contribution < -0.4 is 0 Å². The molecule has 2 saturated carbocycles. The second-order valence-corrected chi connectivity index (χ2v) is 15.4. The van der Waals surface area contributed by atoms with Gasteiger partial charge in [0.1, 0.15) is 9.93 Å². The number of carbonyl (C=O) groups is 2. The van der Waals surface area contributed by atoms with Gasteiger partial charge < -0.3 is 24.4 Å². The van der Waals surface area contributed by atoms with E-state index >= 15 is 0 Å². The number of carbonyl (C=O) groups excluding carboxylic acids is 2. The van der Waals surface area contributed by atoms with E-state index in [1.807, 2.05) is 51.1 Å². The molecule has 0 spiro atoms. The van der Waals surface area contributed by atoms with E-state index in [-0.39, 0.29) is 13.0 Å². The third-order valence-corrected chi connectivity index (χ3v) is 10.0. The fraction of sp³-hybridized carbons (Fsp3) is 0.677. The molecule has 3 aliphatic rings. The molecule has 1 saturated heterocycles. The largest absolute Gasteiger partial charge is 0.455 e. The maximum atomic E-state index is 14.3. The normalized spacial score (nSPS) is 41.7. The van der Waals surface area contributed by atoms with E-state index in [4.69, 9.17) is 14.2 Å². The van der Waals surface area contributed by atoms with Crippen LogP contribution in [0.3, 0.4) is 0 Å². The standard InChI is InChI=1S/C31H43BrO7/c1-9-28(6)17-20(33)31(36)29(7)21(37-18-19-13-11-10-12-14-19)15-16-26(2,3)23(29)22(34)24(30(31,8)39-28)38-25(35)27(4,5)32/h9-14,21-24,34,36H,1,15-18H2,2-8H3/t21-,22?,23-,24?,28-,29?,30+,31-/m0/s1. The minimum absolute atomic E-state index is 0.114. The minimum atomic E-state index is -2.15. The van der Waals surface area contributed by atoms with Gasteiger partial charge in [0.05, 0.1) is 24.4 Å². The zero-order chi connectivity index (χ0) is 29.2. The molecule has 1 aliphatic heterocycles. The number of hydrogen-bond acceptors (Lipinski definition) is 7. The number of fused-ring (bicyclic) bond motifs is 3. The molecule has 2 N–H and O–H groups in total. The van der Waals surface area contributed by atoms with E-state index in [9.17, 15) is 19.8 Å². The van der Waals surface area contributed by atoms with Crippen molar-refractivity contribution in [2.75, 3.05) is 0 Å². The fourth-order valence-electron chi connectivity index (χ4n) is 7.74. The highest BCUT2D eigenvalue weighted by molar-refractivity contribution is 9.10. The molecule has 2 aliphatic carbocycles. The molecule has 8 atom stereocenters. The molecule has 216 valence electrons. The van der Waals surface area contributed by atoms with Crippen molar-refractivity contribution in [2.45, 2.75) is 114 Å². The highest BCUT2D eigenvalue weighted by Crippen LogP contribution is 2.67.